The Morgan fingerprint density at radius 2 is 1.73 bits per heavy atom. The Morgan fingerprint density at radius 1 is 1.08 bits per heavy atom. The highest BCUT2D eigenvalue weighted by Gasteiger charge is 2.24. The van der Waals surface area contributed by atoms with Crippen LogP contribution in [-0.2, 0) is 16.6 Å². The van der Waals surface area contributed by atoms with Crippen molar-refractivity contribution in [2.75, 3.05) is 0 Å². The molecule has 0 fully saturated rings. The first-order chi connectivity index (χ1) is 12.0. The number of amides is 1. The molecule has 5 nitrogen and oxygen atoms in total. The molecule has 0 heterocycles. The minimum atomic E-state index is -3.80. The van der Waals surface area contributed by atoms with Crippen LogP contribution >= 0.6 is 0 Å². The summed E-state index contributed by atoms with van der Waals surface area (Å²) < 4.78 is 54.3. The Labute approximate surface area is 151 Å². The third-order valence-electron chi connectivity index (χ3n) is 3.32. The van der Waals surface area contributed by atoms with E-state index in [1.54, 1.807) is 39.0 Å². The monoisotopic (exact) mass is 382 g/mol. The van der Waals surface area contributed by atoms with Crippen LogP contribution in [0.25, 0.3) is 0 Å². The molecule has 140 valence electrons. The van der Waals surface area contributed by atoms with Crippen molar-refractivity contribution in [1.82, 2.24) is 10.0 Å². The number of rotatable bonds is 5. The molecule has 0 spiro atoms. The van der Waals surface area contributed by atoms with Gasteiger partial charge in [-0.1, -0.05) is 18.2 Å². The van der Waals surface area contributed by atoms with E-state index >= 15 is 0 Å². The maximum Gasteiger partial charge on any atom is 0.254 e. The summed E-state index contributed by atoms with van der Waals surface area (Å²) in [4.78, 5) is 12.1. The molecule has 2 aromatic carbocycles. The SMILES string of the molecule is CC(C)(C)NS(=O)(=O)c1ccccc1CNC(=O)c1ccc(F)cc1F. The van der Waals surface area contributed by atoms with E-state index in [1.807, 2.05) is 0 Å². The molecule has 0 saturated carbocycles. The van der Waals surface area contributed by atoms with Crippen LogP contribution in [0.4, 0.5) is 8.78 Å². The Bertz CT molecular complexity index is 922. The summed E-state index contributed by atoms with van der Waals surface area (Å²) in [6.45, 7) is 5.02. The van der Waals surface area contributed by atoms with Crippen molar-refractivity contribution in [2.24, 2.45) is 0 Å². The Kier molecular flexibility index (Phi) is 5.77. The van der Waals surface area contributed by atoms with Crippen molar-refractivity contribution in [2.45, 2.75) is 37.8 Å². The summed E-state index contributed by atoms with van der Waals surface area (Å²) in [6.07, 6.45) is 0. The largest absolute Gasteiger partial charge is 0.348 e. The summed E-state index contributed by atoms with van der Waals surface area (Å²) in [7, 11) is -3.80. The molecule has 0 bridgehead atoms. The molecule has 8 heteroatoms. The summed E-state index contributed by atoms with van der Waals surface area (Å²) in [5, 5.41) is 2.46. The van der Waals surface area contributed by atoms with Gasteiger partial charge in [-0.05, 0) is 44.5 Å². The fourth-order valence-corrected chi connectivity index (χ4v) is 3.97. The fourth-order valence-electron chi connectivity index (χ4n) is 2.31. The molecule has 0 aromatic heterocycles. The van der Waals surface area contributed by atoms with Gasteiger partial charge in [0, 0.05) is 18.2 Å². The molecule has 2 aromatic rings. The smallest absolute Gasteiger partial charge is 0.254 e. The predicted octanol–water partition coefficient (Wildman–Crippen LogP) is 2.97. The zero-order valence-corrected chi connectivity index (χ0v) is 15.5. The second-order valence-electron chi connectivity index (χ2n) is 6.77. The van der Waals surface area contributed by atoms with Gasteiger partial charge in [-0.25, -0.2) is 21.9 Å². The molecule has 1 amide bonds. The van der Waals surface area contributed by atoms with Gasteiger partial charge in [0.25, 0.3) is 5.91 Å². The van der Waals surface area contributed by atoms with Crippen LogP contribution in [0.1, 0.15) is 36.7 Å². The molecule has 0 radical (unpaired) electrons. The van der Waals surface area contributed by atoms with Crippen molar-refractivity contribution in [3.05, 3.63) is 65.2 Å². The minimum Gasteiger partial charge on any atom is -0.348 e. The van der Waals surface area contributed by atoms with Crippen LogP contribution in [0.2, 0.25) is 0 Å². The van der Waals surface area contributed by atoms with E-state index in [0.29, 0.717) is 11.6 Å². The molecule has 0 atom stereocenters. The first kappa shape index (κ1) is 20.0. The predicted molar refractivity (Wildman–Crippen MR) is 94.0 cm³/mol. The first-order valence-corrected chi connectivity index (χ1v) is 9.33. The van der Waals surface area contributed by atoms with Crippen molar-refractivity contribution in [3.8, 4) is 0 Å². The minimum absolute atomic E-state index is 0.0230. The third-order valence-corrected chi connectivity index (χ3v) is 5.18. The number of halogens is 2. The summed E-state index contributed by atoms with van der Waals surface area (Å²) in [5.41, 5.74) is -0.647. The molecule has 0 saturated heterocycles. The topological polar surface area (TPSA) is 75.3 Å². The number of benzene rings is 2. The molecule has 0 aliphatic carbocycles. The molecule has 2 rings (SSSR count). The molecule has 26 heavy (non-hydrogen) atoms. The number of carbonyl (C=O) groups excluding carboxylic acids is 1. The van der Waals surface area contributed by atoms with Gasteiger partial charge in [-0.2, -0.15) is 0 Å². The van der Waals surface area contributed by atoms with Crippen molar-refractivity contribution in [3.63, 3.8) is 0 Å². The lowest BCUT2D eigenvalue weighted by molar-refractivity contribution is 0.0946. The zero-order chi connectivity index (χ0) is 19.5. The molecule has 0 aliphatic heterocycles. The number of hydrogen-bond acceptors (Lipinski definition) is 3. The van der Waals surface area contributed by atoms with Crippen LogP contribution in [-0.4, -0.2) is 19.9 Å². The summed E-state index contributed by atoms with van der Waals surface area (Å²) in [6, 6.07) is 8.80. The van der Waals surface area contributed by atoms with Gasteiger partial charge in [-0.3, -0.25) is 4.79 Å². The van der Waals surface area contributed by atoms with E-state index in [-0.39, 0.29) is 17.0 Å². The van der Waals surface area contributed by atoms with Gasteiger partial charge in [-0.15, -0.1) is 0 Å². The number of nitrogens with one attached hydrogen (secondary N) is 2. The second-order valence-corrected chi connectivity index (χ2v) is 8.42. The van der Waals surface area contributed by atoms with Crippen molar-refractivity contribution in [1.29, 1.82) is 0 Å². The zero-order valence-electron chi connectivity index (χ0n) is 14.6. The van der Waals surface area contributed by atoms with E-state index in [4.69, 9.17) is 0 Å². The lowest BCUT2D eigenvalue weighted by atomic mass is 10.1. The number of hydrogen-bond donors (Lipinski definition) is 2. The van der Waals surface area contributed by atoms with E-state index in [9.17, 15) is 22.0 Å². The highest BCUT2D eigenvalue weighted by Crippen LogP contribution is 2.18. The highest BCUT2D eigenvalue weighted by atomic mass is 32.2. The molecule has 0 unspecified atom stereocenters. The summed E-state index contributed by atoms with van der Waals surface area (Å²) in [5.74, 6) is -2.54. The van der Waals surface area contributed by atoms with Crippen LogP contribution in [0.5, 0.6) is 0 Å². The number of sulfonamides is 1. The van der Waals surface area contributed by atoms with Gasteiger partial charge in [0.2, 0.25) is 10.0 Å². The van der Waals surface area contributed by atoms with Gasteiger partial charge >= 0.3 is 0 Å². The van der Waals surface area contributed by atoms with E-state index < -0.39 is 33.1 Å². The molecule has 0 aliphatic rings. The van der Waals surface area contributed by atoms with Crippen molar-refractivity contribution >= 4 is 15.9 Å². The van der Waals surface area contributed by atoms with Crippen molar-refractivity contribution < 1.29 is 22.0 Å². The second kappa shape index (κ2) is 7.51. The molecular weight excluding hydrogens is 362 g/mol. The first-order valence-electron chi connectivity index (χ1n) is 7.85. The van der Waals surface area contributed by atoms with Crippen LogP contribution < -0.4 is 10.0 Å². The van der Waals surface area contributed by atoms with E-state index in [1.165, 1.54) is 6.07 Å². The standard InChI is InChI=1S/C18H20F2N2O3S/c1-18(2,3)22-26(24,25)16-7-5-4-6-12(16)11-21-17(23)14-9-8-13(19)10-15(14)20/h4-10,22H,11H2,1-3H3,(H,21,23). The van der Waals surface area contributed by atoms with Crippen LogP contribution in [0.15, 0.2) is 47.4 Å². The van der Waals surface area contributed by atoms with Gasteiger partial charge < -0.3 is 5.32 Å². The fraction of sp³-hybridized carbons (Fsp3) is 0.278. The summed E-state index contributed by atoms with van der Waals surface area (Å²) >= 11 is 0. The normalized spacial score (nSPS) is 12.0. The quantitative estimate of drug-likeness (QED) is 0.835. The van der Waals surface area contributed by atoms with Crippen LogP contribution in [0.3, 0.4) is 0 Å². The van der Waals surface area contributed by atoms with Gasteiger partial charge in [0.05, 0.1) is 10.5 Å². The van der Waals surface area contributed by atoms with E-state index in [2.05, 4.69) is 10.0 Å². The third kappa shape index (κ3) is 5.09. The maximum atomic E-state index is 13.7. The van der Waals surface area contributed by atoms with Gasteiger partial charge in [0.15, 0.2) is 0 Å². The maximum absolute atomic E-state index is 13.7. The lowest BCUT2D eigenvalue weighted by Gasteiger charge is -2.21. The average Bonchev–Trinajstić information content (AvgIpc) is 2.50. The Morgan fingerprint density at radius 3 is 2.35 bits per heavy atom. The number of carbonyl (C=O) groups is 1. The molecular formula is C18H20F2N2O3S. The molecule has 2 N–H and O–H groups in total. The lowest BCUT2D eigenvalue weighted by Crippen LogP contribution is -2.41. The highest BCUT2D eigenvalue weighted by molar-refractivity contribution is 7.89. The average molecular weight is 382 g/mol. The Balaban J connectivity index is 2.22. The van der Waals surface area contributed by atoms with Crippen LogP contribution in [0, 0.1) is 11.6 Å². The Hall–Kier alpha value is -2.32. The van der Waals surface area contributed by atoms with Gasteiger partial charge in [0.1, 0.15) is 11.6 Å². The van der Waals surface area contributed by atoms with E-state index in [0.717, 1.165) is 12.1 Å².